The Bertz CT molecular complexity index is 790. The second-order valence-corrected chi connectivity index (χ2v) is 6.91. The number of rotatable bonds is 5. The summed E-state index contributed by atoms with van der Waals surface area (Å²) in [6.45, 7) is 1.18. The van der Waals surface area contributed by atoms with Crippen LogP contribution in [0.2, 0.25) is 5.02 Å². The molecule has 130 valence electrons. The van der Waals surface area contributed by atoms with E-state index in [-0.39, 0.29) is 18.4 Å². The van der Waals surface area contributed by atoms with E-state index in [1.807, 2.05) is 17.5 Å². The molecule has 0 unspecified atom stereocenters. The molecule has 7 heteroatoms. The van der Waals surface area contributed by atoms with Gasteiger partial charge in [0.1, 0.15) is 5.75 Å². The van der Waals surface area contributed by atoms with Crippen LogP contribution >= 0.6 is 22.9 Å². The van der Waals surface area contributed by atoms with Gasteiger partial charge in [-0.3, -0.25) is 9.59 Å². The summed E-state index contributed by atoms with van der Waals surface area (Å²) < 4.78 is 5.51. The first-order chi connectivity index (χ1) is 12.1. The van der Waals surface area contributed by atoms with E-state index >= 15 is 0 Å². The maximum Gasteiger partial charge on any atom is 0.260 e. The van der Waals surface area contributed by atoms with Crippen molar-refractivity contribution in [2.75, 3.05) is 19.7 Å². The van der Waals surface area contributed by atoms with E-state index in [1.165, 1.54) is 6.08 Å². The molecule has 3 rings (SSSR count). The molecule has 2 heterocycles. The summed E-state index contributed by atoms with van der Waals surface area (Å²) in [7, 11) is 0. The quantitative estimate of drug-likeness (QED) is 0.816. The van der Waals surface area contributed by atoms with Crippen LogP contribution in [0.1, 0.15) is 10.4 Å². The van der Waals surface area contributed by atoms with Crippen molar-refractivity contribution >= 4 is 40.8 Å². The molecule has 1 aliphatic heterocycles. The van der Waals surface area contributed by atoms with E-state index < -0.39 is 0 Å². The molecular formula is C18H17ClN2O3S. The van der Waals surface area contributed by atoms with Gasteiger partial charge in [-0.1, -0.05) is 17.7 Å². The fourth-order valence-corrected chi connectivity index (χ4v) is 3.27. The lowest BCUT2D eigenvalue weighted by molar-refractivity contribution is -0.133. The van der Waals surface area contributed by atoms with Crippen LogP contribution in [-0.4, -0.2) is 36.4 Å². The van der Waals surface area contributed by atoms with E-state index in [1.54, 1.807) is 40.5 Å². The number of fused-ring (bicyclic) bond motifs is 1. The molecule has 0 saturated heterocycles. The molecule has 0 saturated carbocycles. The van der Waals surface area contributed by atoms with E-state index in [0.29, 0.717) is 30.4 Å². The standard InChI is InChI=1S/C18H17ClN2O3S/c19-14-3-5-16-13(10-14)11-21(18(23)12-24-16)8-7-20-17(22)6-4-15-2-1-9-25-15/h1-6,9-10H,7-8,11-12H2,(H,20,22)/b6-4+. The molecule has 0 radical (unpaired) electrons. The molecule has 2 aromatic rings. The van der Waals surface area contributed by atoms with Crippen molar-refractivity contribution in [2.24, 2.45) is 0 Å². The third-order valence-electron chi connectivity index (χ3n) is 3.71. The molecule has 25 heavy (non-hydrogen) atoms. The summed E-state index contributed by atoms with van der Waals surface area (Å²) in [5, 5.41) is 5.34. The minimum Gasteiger partial charge on any atom is -0.483 e. The smallest absolute Gasteiger partial charge is 0.260 e. The molecule has 1 aromatic heterocycles. The lowest BCUT2D eigenvalue weighted by Gasteiger charge is -2.20. The van der Waals surface area contributed by atoms with E-state index in [2.05, 4.69) is 5.32 Å². The Morgan fingerprint density at radius 3 is 3.08 bits per heavy atom. The predicted molar refractivity (Wildman–Crippen MR) is 98.7 cm³/mol. The number of thiophene rings is 1. The van der Waals surface area contributed by atoms with E-state index in [0.717, 1.165) is 10.4 Å². The number of carbonyl (C=O) groups is 2. The zero-order valence-corrected chi connectivity index (χ0v) is 15.0. The summed E-state index contributed by atoms with van der Waals surface area (Å²) in [6.07, 6.45) is 3.26. The summed E-state index contributed by atoms with van der Waals surface area (Å²) >= 11 is 7.58. The summed E-state index contributed by atoms with van der Waals surface area (Å²) in [5.41, 5.74) is 0.863. The zero-order valence-electron chi connectivity index (χ0n) is 13.4. The number of nitrogens with one attached hydrogen (secondary N) is 1. The molecule has 0 spiro atoms. The number of amides is 2. The average Bonchev–Trinajstić information content (AvgIpc) is 3.06. The number of ether oxygens (including phenoxy) is 1. The van der Waals surface area contributed by atoms with Gasteiger partial charge < -0.3 is 15.0 Å². The Kier molecular flexibility index (Phi) is 5.73. The third-order valence-corrected chi connectivity index (χ3v) is 4.78. The van der Waals surface area contributed by atoms with Crippen LogP contribution in [-0.2, 0) is 16.1 Å². The van der Waals surface area contributed by atoms with Crippen molar-refractivity contribution in [2.45, 2.75) is 6.54 Å². The maximum atomic E-state index is 12.2. The Labute approximate surface area is 154 Å². The van der Waals surface area contributed by atoms with Crippen LogP contribution in [0.4, 0.5) is 0 Å². The lowest BCUT2D eigenvalue weighted by atomic mass is 10.2. The molecule has 1 N–H and O–H groups in total. The molecule has 0 aliphatic carbocycles. The van der Waals surface area contributed by atoms with Gasteiger partial charge in [0.2, 0.25) is 5.91 Å². The van der Waals surface area contributed by atoms with Crippen molar-refractivity contribution < 1.29 is 14.3 Å². The van der Waals surface area contributed by atoms with Gasteiger partial charge in [-0.2, -0.15) is 0 Å². The largest absolute Gasteiger partial charge is 0.483 e. The van der Waals surface area contributed by atoms with Crippen LogP contribution < -0.4 is 10.1 Å². The van der Waals surface area contributed by atoms with Gasteiger partial charge in [-0.05, 0) is 35.7 Å². The molecule has 0 atom stereocenters. The molecule has 2 amide bonds. The van der Waals surface area contributed by atoms with Crippen molar-refractivity contribution in [1.29, 1.82) is 0 Å². The minimum absolute atomic E-state index is 0.0130. The fourth-order valence-electron chi connectivity index (χ4n) is 2.46. The normalized spacial score (nSPS) is 14.1. The highest BCUT2D eigenvalue weighted by Gasteiger charge is 2.21. The van der Waals surface area contributed by atoms with Crippen molar-refractivity contribution in [3.63, 3.8) is 0 Å². The zero-order chi connectivity index (χ0) is 17.6. The Morgan fingerprint density at radius 1 is 1.40 bits per heavy atom. The SMILES string of the molecule is O=C(/C=C/c1cccs1)NCCN1Cc2cc(Cl)ccc2OCC1=O. The van der Waals surface area contributed by atoms with Crippen molar-refractivity contribution in [3.05, 3.63) is 57.3 Å². The van der Waals surface area contributed by atoms with Gasteiger partial charge in [-0.25, -0.2) is 0 Å². The van der Waals surface area contributed by atoms with Gasteiger partial charge >= 0.3 is 0 Å². The average molecular weight is 377 g/mol. The first kappa shape index (κ1) is 17.5. The number of benzene rings is 1. The summed E-state index contributed by atoms with van der Waals surface area (Å²) in [6, 6.07) is 9.17. The first-order valence-corrected chi connectivity index (χ1v) is 9.06. The van der Waals surface area contributed by atoms with Crippen LogP contribution in [0.15, 0.2) is 41.8 Å². The minimum atomic E-state index is -0.185. The highest BCUT2D eigenvalue weighted by atomic mass is 35.5. The Morgan fingerprint density at radius 2 is 2.28 bits per heavy atom. The molecule has 1 aromatic carbocycles. The van der Waals surface area contributed by atoms with Crippen LogP contribution in [0.3, 0.4) is 0 Å². The number of nitrogens with zero attached hydrogens (tertiary/aromatic N) is 1. The molecule has 1 aliphatic rings. The lowest BCUT2D eigenvalue weighted by Crippen LogP contribution is -2.38. The highest BCUT2D eigenvalue weighted by Crippen LogP contribution is 2.26. The van der Waals surface area contributed by atoms with E-state index in [4.69, 9.17) is 16.3 Å². The van der Waals surface area contributed by atoms with E-state index in [9.17, 15) is 9.59 Å². The molecule has 0 bridgehead atoms. The molecular weight excluding hydrogens is 360 g/mol. The maximum absolute atomic E-state index is 12.2. The second-order valence-electron chi connectivity index (χ2n) is 5.50. The third kappa shape index (κ3) is 4.84. The predicted octanol–water partition coefficient (Wildman–Crippen LogP) is 2.95. The van der Waals surface area contributed by atoms with Gasteiger partial charge in [0, 0.05) is 41.2 Å². The van der Waals surface area contributed by atoms with Gasteiger partial charge in [-0.15, -0.1) is 11.3 Å². The topological polar surface area (TPSA) is 58.6 Å². The monoisotopic (exact) mass is 376 g/mol. The van der Waals surface area contributed by atoms with Gasteiger partial charge in [0.25, 0.3) is 5.91 Å². The van der Waals surface area contributed by atoms with Crippen molar-refractivity contribution in [3.8, 4) is 5.75 Å². The molecule has 0 fully saturated rings. The number of hydrogen-bond donors (Lipinski definition) is 1. The second kappa shape index (κ2) is 8.18. The van der Waals surface area contributed by atoms with Crippen LogP contribution in [0.25, 0.3) is 6.08 Å². The first-order valence-electron chi connectivity index (χ1n) is 7.80. The van der Waals surface area contributed by atoms with Gasteiger partial charge in [0.15, 0.2) is 6.61 Å². The Hall–Kier alpha value is -2.31. The van der Waals surface area contributed by atoms with Crippen LogP contribution in [0.5, 0.6) is 5.75 Å². The summed E-state index contributed by atoms with van der Waals surface area (Å²) in [4.78, 5) is 26.7. The van der Waals surface area contributed by atoms with Gasteiger partial charge in [0.05, 0.1) is 0 Å². The number of halogens is 1. The molecule has 5 nitrogen and oxygen atoms in total. The highest BCUT2D eigenvalue weighted by molar-refractivity contribution is 7.10. The fraction of sp³-hybridized carbons (Fsp3) is 0.222. The van der Waals surface area contributed by atoms with Crippen LogP contribution in [0, 0.1) is 0 Å². The summed E-state index contributed by atoms with van der Waals surface area (Å²) in [5.74, 6) is 0.370. The van der Waals surface area contributed by atoms with Crippen molar-refractivity contribution in [1.82, 2.24) is 10.2 Å². The number of carbonyl (C=O) groups excluding carboxylic acids is 2. The number of hydrogen-bond acceptors (Lipinski definition) is 4. The Balaban J connectivity index is 1.53.